The number of ether oxygens (including phenoxy) is 1. The summed E-state index contributed by atoms with van der Waals surface area (Å²) in [6.07, 6.45) is 6.25. The second-order valence-electron chi connectivity index (χ2n) is 5.59. The molecule has 4 atom stereocenters. The minimum Gasteiger partial charge on any atom is -0.393 e. The lowest BCUT2D eigenvalue weighted by Crippen LogP contribution is -2.43. The Labute approximate surface area is 98.6 Å². The quantitative estimate of drug-likeness (QED) is 0.771. The number of hydrogen-bond donors (Lipinski definition) is 2. The van der Waals surface area contributed by atoms with Gasteiger partial charge in [-0.3, -0.25) is 0 Å². The Morgan fingerprint density at radius 2 is 1.88 bits per heavy atom. The first-order chi connectivity index (χ1) is 7.65. The molecule has 2 rings (SSSR count). The summed E-state index contributed by atoms with van der Waals surface area (Å²) >= 11 is 0. The van der Waals surface area contributed by atoms with Crippen molar-refractivity contribution in [3.8, 4) is 0 Å². The van der Waals surface area contributed by atoms with E-state index < -0.39 is 0 Å². The molecule has 2 N–H and O–H groups in total. The molecule has 2 fully saturated rings. The maximum atomic E-state index is 9.76. The lowest BCUT2D eigenvalue weighted by molar-refractivity contribution is -0.0429. The average molecular weight is 227 g/mol. The molecule has 2 aliphatic rings. The topological polar surface area (TPSA) is 41.5 Å². The lowest BCUT2D eigenvalue weighted by atomic mass is 9.98. The maximum absolute atomic E-state index is 9.76. The van der Waals surface area contributed by atoms with Crippen LogP contribution in [-0.2, 0) is 4.74 Å². The van der Waals surface area contributed by atoms with Crippen LogP contribution in [0.25, 0.3) is 0 Å². The molecule has 3 nitrogen and oxygen atoms in total. The molecule has 16 heavy (non-hydrogen) atoms. The van der Waals surface area contributed by atoms with E-state index in [0.29, 0.717) is 24.2 Å². The Hall–Kier alpha value is -0.120. The van der Waals surface area contributed by atoms with Crippen LogP contribution < -0.4 is 5.32 Å². The molecule has 1 heterocycles. The molecule has 1 aliphatic carbocycles. The van der Waals surface area contributed by atoms with Gasteiger partial charge >= 0.3 is 0 Å². The van der Waals surface area contributed by atoms with Gasteiger partial charge in [0, 0.05) is 12.6 Å². The van der Waals surface area contributed by atoms with Crippen LogP contribution in [0, 0.1) is 5.92 Å². The first kappa shape index (κ1) is 12.3. The van der Waals surface area contributed by atoms with Crippen LogP contribution in [0.2, 0.25) is 0 Å². The minimum atomic E-state index is -0.0674. The van der Waals surface area contributed by atoms with Crippen LogP contribution >= 0.6 is 0 Å². The Morgan fingerprint density at radius 3 is 2.44 bits per heavy atom. The van der Waals surface area contributed by atoms with Gasteiger partial charge in [-0.1, -0.05) is 6.42 Å². The van der Waals surface area contributed by atoms with Gasteiger partial charge in [0.2, 0.25) is 0 Å². The van der Waals surface area contributed by atoms with Gasteiger partial charge in [-0.05, 0) is 45.4 Å². The summed E-state index contributed by atoms with van der Waals surface area (Å²) in [6, 6.07) is 0.576. The van der Waals surface area contributed by atoms with Crippen molar-refractivity contribution < 1.29 is 9.84 Å². The summed E-state index contributed by atoms with van der Waals surface area (Å²) in [7, 11) is 0. The van der Waals surface area contributed by atoms with Gasteiger partial charge in [0.15, 0.2) is 0 Å². The standard InChI is InChI=1S/C13H25NO2/c1-9-6-12(7-10(2)16-9)14-8-11-4-3-5-13(11)15/h9-15H,3-8H2,1-2H3. The predicted molar refractivity (Wildman–Crippen MR) is 64.4 cm³/mol. The molecule has 4 unspecified atom stereocenters. The summed E-state index contributed by atoms with van der Waals surface area (Å²) in [4.78, 5) is 0. The molecule has 0 radical (unpaired) electrons. The van der Waals surface area contributed by atoms with E-state index in [9.17, 15) is 5.11 Å². The average Bonchev–Trinajstić information content (AvgIpc) is 2.59. The van der Waals surface area contributed by atoms with Crippen molar-refractivity contribution in [3.05, 3.63) is 0 Å². The van der Waals surface area contributed by atoms with Crippen molar-refractivity contribution in [2.75, 3.05) is 6.54 Å². The van der Waals surface area contributed by atoms with Crippen molar-refractivity contribution in [2.24, 2.45) is 5.92 Å². The van der Waals surface area contributed by atoms with Gasteiger partial charge in [0.1, 0.15) is 0 Å². The van der Waals surface area contributed by atoms with Crippen molar-refractivity contribution in [2.45, 2.75) is 70.3 Å². The van der Waals surface area contributed by atoms with E-state index >= 15 is 0 Å². The molecule has 1 aliphatic heterocycles. The van der Waals surface area contributed by atoms with E-state index in [-0.39, 0.29) is 6.10 Å². The lowest BCUT2D eigenvalue weighted by Gasteiger charge is -2.33. The highest BCUT2D eigenvalue weighted by Crippen LogP contribution is 2.26. The summed E-state index contributed by atoms with van der Waals surface area (Å²) in [5.74, 6) is 0.480. The summed E-state index contributed by atoms with van der Waals surface area (Å²) in [5.41, 5.74) is 0. The second-order valence-corrected chi connectivity index (χ2v) is 5.59. The maximum Gasteiger partial charge on any atom is 0.0580 e. The van der Waals surface area contributed by atoms with E-state index in [2.05, 4.69) is 19.2 Å². The third-order valence-electron chi connectivity index (χ3n) is 3.99. The van der Waals surface area contributed by atoms with Crippen LogP contribution in [0.5, 0.6) is 0 Å². The molecule has 0 bridgehead atoms. The van der Waals surface area contributed by atoms with E-state index in [4.69, 9.17) is 4.74 Å². The highest BCUT2D eigenvalue weighted by atomic mass is 16.5. The van der Waals surface area contributed by atoms with Crippen LogP contribution in [0.15, 0.2) is 0 Å². The fourth-order valence-corrected chi connectivity index (χ4v) is 3.15. The zero-order valence-electron chi connectivity index (χ0n) is 10.5. The van der Waals surface area contributed by atoms with E-state index in [0.717, 1.165) is 25.8 Å². The number of aliphatic hydroxyl groups is 1. The fraction of sp³-hybridized carbons (Fsp3) is 1.00. The molecule has 1 saturated carbocycles. The summed E-state index contributed by atoms with van der Waals surface area (Å²) < 4.78 is 5.72. The second kappa shape index (κ2) is 5.48. The zero-order chi connectivity index (χ0) is 11.5. The SMILES string of the molecule is CC1CC(NCC2CCCC2O)CC(C)O1. The smallest absolute Gasteiger partial charge is 0.0580 e. The monoisotopic (exact) mass is 227 g/mol. The molecule has 1 saturated heterocycles. The van der Waals surface area contributed by atoms with Gasteiger partial charge in [0.25, 0.3) is 0 Å². The Bertz CT molecular complexity index is 212. The normalized spacial score (nSPS) is 44.8. The van der Waals surface area contributed by atoms with Crippen LogP contribution in [0.4, 0.5) is 0 Å². The molecule has 0 aromatic heterocycles. The number of rotatable bonds is 3. The van der Waals surface area contributed by atoms with Crippen molar-refractivity contribution in [3.63, 3.8) is 0 Å². The van der Waals surface area contributed by atoms with E-state index in [1.807, 2.05) is 0 Å². The predicted octanol–water partition coefficient (Wildman–Crippen LogP) is 1.69. The Kier molecular flexibility index (Phi) is 4.22. The molecule has 0 spiro atoms. The van der Waals surface area contributed by atoms with Gasteiger partial charge < -0.3 is 15.2 Å². The first-order valence-corrected chi connectivity index (χ1v) is 6.72. The van der Waals surface area contributed by atoms with Crippen molar-refractivity contribution >= 4 is 0 Å². The van der Waals surface area contributed by atoms with Crippen LogP contribution in [-0.4, -0.2) is 36.0 Å². The summed E-state index contributed by atoms with van der Waals surface area (Å²) in [5, 5.41) is 13.4. The van der Waals surface area contributed by atoms with Gasteiger partial charge in [0.05, 0.1) is 18.3 Å². The molecule has 0 aromatic rings. The molecule has 3 heteroatoms. The van der Waals surface area contributed by atoms with Gasteiger partial charge in [-0.2, -0.15) is 0 Å². The largest absolute Gasteiger partial charge is 0.393 e. The van der Waals surface area contributed by atoms with Crippen molar-refractivity contribution in [1.29, 1.82) is 0 Å². The zero-order valence-corrected chi connectivity index (χ0v) is 10.5. The van der Waals surface area contributed by atoms with E-state index in [1.165, 1.54) is 12.8 Å². The number of hydrogen-bond acceptors (Lipinski definition) is 3. The molecular formula is C13H25NO2. The van der Waals surface area contributed by atoms with Gasteiger partial charge in [-0.15, -0.1) is 0 Å². The van der Waals surface area contributed by atoms with Crippen molar-refractivity contribution in [1.82, 2.24) is 5.32 Å². The Morgan fingerprint density at radius 1 is 1.19 bits per heavy atom. The van der Waals surface area contributed by atoms with E-state index in [1.54, 1.807) is 0 Å². The Balaban J connectivity index is 1.72. The third kappa shape index (κ3) is 3.19. The minimum absolute atomic E-state index is 0.0674. The van der Waals surface area contributed by atoms with Crippen LogP contribution in [0.3, 0.4) is 0 Å². The van der Waals surface area contributed by atoms with Crippen LogP contribution in [0.1, 0.15) is 46.0 Å². The van der Waals surface area contributed by atoms with Gasteiger partial charge in [-0.25, -0.2) is 0 Å². The highest BCUT2D eigenvalue weighted by molar-refractivity contribution is 4.83. The molecule has 0 aromatic carbocycles. The highest BCUT2D eigenvalue weighted by Gasteiger charge is 2.28. The third-order valence-corrected chi connectivity index (χ3v) is 3.99. The first-order valence-electron chi connectivity index (χ1n) is 6.72. The molecule has 0 amide bonds. The number of nitrogens with one attached hydrogen (secondary N) is 1. The fourth-order valence-electron chi connectivity index (χ4n) is 3.15. The molecule has 94 valence electrons. The summed E-state index contributed by atoms with van der Waals surface area (Å²) in [6.45, 7) is 5.27. The number of aliphatic hydroxyl groups excluding tert-OH is 1. The molecular weight excluding hydrogens is 202 g/mol.